The Bertz CT molecular complexity index is 615. The molecule has 2 aromatic rings. The van der Waals surface area contributed by atoms with Crippen molar-refractivity contribution >= 4 is 26.0 Å². The quantitative estimate of drug-likeness (QED) is 0.907. The van der Waals surface area contributed by atoms with Gasteiger partial charge < -0.3 is 4.42 Å². The summed E-state index contributed by atoms with van der Waals surface area (Å²) in [5, 5.41) is 7.24. The Morgan fingerprint density at radius 3 is 2.78 bits per heavy atom. The molecule has 1 atom stereocenters. The van der Waals surface area contributed by atoms with E-state index >= 15 is 0 Å². The number of nitrogens with zero attached hydrogens (tertiary/aromatic N) is 3. The van der Waals surface area contributed by atoms with Crippen molar-refractivity contribution < 1.29 is 12.8 Å². The van der Waals surface area contributed by atoms with Crippen molar-refractivity contribution in [3.8, 4) is 0 Å². The van der Waals surface area contributed by atoms with Crippen molar-refractivity contribution in [2.75, 3.05) is 0 Å². The van der Waals surface area contributed by atoms with E-state index in [2.05, 4.69) is 31.0 Å². The van der Waals surface area contributed by atoms with Crippen LogP contribution >= 0.6 is 15.9 Å². The van der Waals surface area contributed by atoms with Gasteiger partial charge >= 0.3 is 0 Å². The van der Waals surface area contributed by atoms with Crippen LogP contribution in [0.2, 0.25) is 0 Å². The monoisotopic (exact) mass is 334 g/mol. The van der Waals surface area contributed by atoms with Crippen molar-refractivity contribution in [2.45, 2.75) is 18.0 Å². The van der Waals surface area contributed by atoms with Crippen molar-refractivity contribution in [3.63, 3.8) is 0 Å². The number of rotatable bonds is 4. The standard InChI is InChI=1S/C9H11BrN4O3S/c1-6(7-4-3-5-17-7)12-18(15,16)9-8(10)11-13-14(9)2/h3-6,12H,1-2H3. The predicted octanol–water partition coefficient (Wildman–Crippen LogP) is 1.21. The van der Waals surface area contributed by atoms with E-state index in [1.807, 2.05) is 0 Å². The van der Waals surface area contributed by atoms with Crippen LogP contribution in [0.25, 0.3) is 0 Å². The minimum absolute atomic E-state index is 0.0269. The molecule has 2 aromatic heterocycles. The lowest BCUT2D eigenvalue weighted by molar-refractivity contribution is 0.457. The summed E-state index contributed by atoms with van der Waals surface area (Å²) in [5.41, 5.74) is 0. The normalized spacial score (nSPS) is 13.7. The first kappa shape index (κ1) is 13.2. The van der Waals surface area contributed by atoms with Crippen LogP contribution in [-0.2, 0) is 17.1 Å². The number of aryl methyl sites for hydroxylation is 1. The summed E-state index contributed by atoms with van der Waals surface area (Å²) in [6.45, 7) is 1.69. The highest BCUT2D eigenvalue weighted by molar-refractivity contribution is 9.10. The van der Waals surface area contributed by atoms with Gasteiger partial charge in [0, 0.05) is 7.05 Å². The highest BCUT2D eigenvalue weighted by Crippen LogP contribution is 2.21. The van der Waals surface area contributed by atoms with E-state index in [1.165, 1.54) is 18.0 Å². The van der Waals surface area contributed by atoms with Gasteiger partial charge in [0.05, 0.1) is 12.3 Å². The second kappa shape index (κ2) is 4.82. The molecule has 0 amide bonds. The SMILES string of the molecule is CC(NS(=O)(=O)c1c(Br)nnn1C)c1ccco1. The fourth-order valence-corrected chi connectivity index (χ4v) is 3.80. The third-order valence-electron chi connectivity index (χ3n) is 2.29. The molecule has 2 rings (SSSR count). The highest BCUT2D eigenvalue weighted by atomic mass is 79.9. The van der Waals surface area contributed by atoms with Crippen LogP contribution in [0.5, 0.6) is 0 Å². The number of aromatic nitrogens is 3. The Morgan fingerprint density at radius 2 is 2.28 bits per heavy atom. The van der Waals surface area contributed by atoms with Crippen LogP contribution < -0.4 is 4.72 Å². The minimum Gasteiger partial charge on any atom is -0.468 e. The second-order valence-electron chi connectivity index (χ2n) is 3.67. The molecule has 9 heteroatoms. The smallest absolute Gasteiger partial charge is 0.261 e. The zero-order chi connectivity index (χ0) is 13.3. The number of halogens is 1. The lowest BCUT2D eigenvalue weighted by Crippen LogP contribution is -2.28. The third-order valence-corrected chi connectivity index (χ3v) is 4.72. The lowest BCUT2D eigenvalue weighted by Gasteiger charge is -2.11. The molecule has 0 radical (unpaired) electrons. The topological polar surface area (TPSA) is 90.0 Å². The molecule has 1 N–H and O–H groups in total. The maximum absolute atomic E-state index is 12.2. The van der Waals surface area contributed by atoms with E-state index in [9.17, 15) is 8.42 Å². The molecule has 0 aliphatic rings. The van der Waals surface area contributed by atoms with Crippen molar-refractivity contribution in [2.24, 2.45) is 7.05 Å². The summed E-state index contributed by atoms with van der Waals surface area (Å²) in [4.78, 5) is 0. The van der Waals surface area contributed by atoms with Gasteiger partial charge in [0.25, 0.3) is 10.0 Å². The molecule has 1 unspecified atom stereocenters. The van der Waals surface area contributed by atoms with Crippen LogP contribution in [0.1, 0.15) is 18.7 Å². The molecule has 0 spiro atoms. The predicted molar refractivity (Wildman–Crippen MR) is 66.1 cm³/mol. The van der Waals surface area contributed by atoms with Gasteiger partial charge in [-0.1, -0.05) is 5.21 Å². The van der Waals surface area contributed by atoms with E-state index in [1.54, 1.807) is 19.1 Å². The summed E-state index contributed by atoms with van der Waals surface area (Å²) in [6, 6.07) is 2.91. The Labute approximate surface area is 112 Å². The Hall–Kier alpha value is -1.19. The van der Waals surface area contributed by atoms with Gasteiger partial charge in [0.2, 0.25) is 5.03 Å². The number of hydrogen-bond donors (Lipinski definition) is 1. The summed E-state index contributed by atoms with van der Waals surface area (Å²) < 4.78 is 33.3. The first-order valence-corrected chi connectivity index (χ1v) is 7.30. The Kier molecular flexibility index (Phi) is 3.55. The second-order valence-corrected chi connectivity index (χ2v) is 6.05. The largest absolute Gasteiger partial charge is 0.468 e. The van der Waals surface area contributed by atoms with Gasteiger partial charge in [-0.05, 0) is 35.0 Å². The first-order valence-electron chi connectivity index (χ1n) is 5.02. The van der Waals surface area contributed by atoms with Gasteiger partial charge in [0.1, 0.15) is 5.76 Å². The fraction of sp³-hybridized carbons (Fsp3) is 0.333. The maximum atomic E-state index is 12.2. The molecule has 0 aliphatic carbocycles. The number of hydrogen-bond acceptors (Lipinski definition) is 5. The van der Waals surface area contributed by atoms with Crippen LogP contribution in [0.4, 0.5) is 0 Å². The molecule has 0 aromatic carbocycles. The average molecular weight is 335 g/mol. The van der Waals surface area contributed by atoms with E-state index in [-0.39, 0.29) is 9.63 Å². The van der Waals surface area contributed by atoms with E-state index in [0.29, 0.717) is 5.76 Å². The molecule has 98 valence electrons. The summed E-state index contributed by atoms with van der Waals surface area (Å²) >= 11 is 3.05. The highest BCUT2D eigenvalue weighted by Gasteiger charge is 2.26. The number of sulfonamides is 1. The zero-order valence-corrected chi connectivity index (χ0v) is 12.1. The molecule has 18 heavy (non-hydrogen) atoms. The van der Waals surface area contributed by atoms with Crippen LogP contribution in [-0.4, -0.2) is 23.4 Å². The molecular weight excluding hydrogens is 324 g/mol. The third kappa shape index (κ3) is 2.47. The summed E-state index contributed by atoms with van der Waals surface area (Å²) in [5.74, 6) is 0.532. The van der Waals surface area contributed by atoms with Crippen LogP contribution in [0, 0.1) is 0 Å². The Morgan fingerprint density at radius 1 is 1.56 bits per heavy atom. The number of furan rings is 1. The summed E-state index contributed by atoms with van der Waals surface area (Å²) in [6.07, 6.45) is 1.49. The van der Waals surface area contributed by atoms with Crippen molar-refractivity contribution in [1.82, 2.24) is 19.7 Å². The zero-order valence-electron chi connectivity index (χ0n) is 9.66. The fourth-order valence-electron chi connectivity index (χ4n) is 1.49. The number of nitrogens with one attached hydrogen (secondary N) is 1. The van der Waals surface area contributed by atoms with Crippen molar-refractivity contribution in [3.05, 3.63) is 28.8 Å². The minimum atomic E-state index is -3.72. The van der Waals surface area contributed by atoms with Crippen molar-refractivity contribution in [1.29, 1.82) is 0 Å². The lowest BCUT2D eigenvalue weighted by atomic mass is 10.3. The average Bonchev–Trinajstić information content (AvgIpc) is 2.87. The maximum Gasteiger partial charge on any atom is 0.261 e. The van der Waals surface area contributed by atoms with Crippen LogP contribution in [0.15, 0.2) is 32.4 Å². The molecule has 0 saturated carbocycles. The molecular formula is C9H11BrN4O3S. The van der Waals surface area contributed by atoms with Gasteiger partial charge in [0.15, 0.2) is 4.60 Å². The molecule has 2 heterocycles. The molecule has 0 bridgehead atoms. The molecule has 0 aliphatic heterocycles. The van der Waals surface area contributed by atoms with Gasteiger partial charge in [-0.25, -0.2) is 13.1 Å². The van der Waals surface area contributed by atoms with E-state index in [4.69, 9.17) is 4.42 Å². The van der Waals surface area contributed by atoms with Gasteiger partial charge in [-0.2, -0.15) is 4.72 Å². The van der Waals surface area contributed by atoms with E-state index < -0.39 is 16.1 Å². The van der Waals surface area contributed by atoms with Crippen LogP contribution in [0.3, 0.4) is 0 Å². The summed E-state index contributed by atoms with van der Waals surface area (Å²) in [7, 11) is -2.22. The molecule has 0 fully saturated rings. The van der Waals surface area contributed by atoms with Gasteiger partial charge in [-0.3, -0.25) is 0 Å². The molecule has 7 nitrogen and oxygen atoms in total. The Balaban J connectivity index is 2.28. The van der Waals surface area contributed by atoms with E-state index in [0.717, 1.165) is 0 Å². The molecule has 0 saturated heterocycles. The first-order chi connectivity index (χ1) is 8.42. The van der Waals surface area contributed by atoms with Gasteiger partial charge in [-0.15, -0.1) is 5.10 Å².